The summed E-state index contributed by atoms with van der Waals surface area (Å²) in [6.45, 7) is 3.21. The van der Waals surface area contributed by atoms with Gasteiger partial charge in [0, 0.05) is 0 Å². The molecule has 5 nitrogen and oxygen atoms in total. The molecule has 18 heavy (non-hydrogen) atoms. The Balaban J connectivity index is 2.11. The van der Waals surface area contributed by atoms with E-state index in [1.807, 2.05) is 12.1 Å². The van der Waals surface area contributed by atoms with Gasteiger partial charge >= 0.3 is 0 Å². The molecule has 1 saturated heterocycles. The minimum atomic E-state index is -0.439. The molecule has 1 aliphatic heterocycles. The maximum Gasteiger partial charge on any atom is 0.250 e. The number of aromatic nitrogens is 2. The summed E-state index contributed by atoms with van der Waals surface area (Å²) in [6, 6.07) is 5.67. The first-order chi connectivity index (χ1) is 8.66. The van der Waals surface area contributed by atoms with Gasteiger partial charge in [-0.2, -0.15) is 0 Å². The molecule has 0 aliphatic carbocycles. The minimum Gasteiger partial charge on any atom is -0.366 e. The topological polar surface area (TPSA) is 83.8 Å². The lowest BCUT2D eigenvalue weighted by Gasteiger charge is -2.11. The molecular formula is C13H16N4O. The summed E-state index contributed by atoms with van der Waals surface area (Å²) < 4.78 is 0. The van der Waals surface area contributed by atoms with E-state index in [9.17, 15) is 4.79 Å². The molecule has 94 valence electrons. The van der Waals surface area contributed by atoms with Crippen molar-refractivity contribution >= 4 is 16.9 Å². The van der Waals surface area contributed by atoms with Crippen LogP contribution in [0, 0.1) is 5.92 Å². The summed E-state index contributed by atoms with van der Waals surface area (Å²) in [5.41, 5.74) is 7.36. The van der Waals surface area contributed by atoms with Gasteiger partial charge in [0.1, 0.15) is 11.3 Å². The summed E-state index contributed by atoms with van der Waals surface area (Å²) in [7, 11) is 0. The maximum absolute atomic E-state index is 11.4. The predicted octanol–water partition coefficient (Wildman–Crippen LogP) is 1.33. The SMILES string of the molecule is C[C@@H]1CCNC1c1nc2c(C(N)=O)cccc2[nH]1. The molecule has 1 unspecified atom stereocenters. The van der Waals surface area contributed by atoms with Crippen LogP contribution in [0.1, 0.15) is 35.6 Å². The first-order valence-electron chi connectivity index (χ1n) is 6.18. The number of hydrogen-bond acceptors (Lipinski definition) is 3. The van der Waals surface area contributed by atoms with Gasteiger partial charge in [0.25, 0.3) is 5.91 Å². The number of imidazole rings is 1. The van der Waals surface area contributed by atoms with Gasteiger partial charge < -0.3 is 16.0 Å². The van der Waals surface area contributed by atoms with Crippen LogP contribution in [0.2, 0.25) is 0 Å². The van der Waals surface area contributed by atoms with Crippen molar-refractivity contribution in [3.63, 3.8) is 0 Å². The minimum absolute atomic E-state index is 0.234. The Morgan fingerprint density at radius 1 is 1.50 bits per heavy atom. The molecule has 1 aromatic heterocycles. The summed E-state index contributed by atoms with van der Waals surface area (Å²) in [5, 5.41) is 3.42. The van der Waals surface area contributed by atoms with Crippen molar-refractivity contribution in [2.75, 3.05) is 6.54 Å². The van der Waals surface area contributed by atoms with E-state index in [0.717, 1.165) is 24.3 Å². The van der Waals surface area contributed by atoms with Crippen LogP contribution in [0.15, 0.2) is 18.2 Å². The molecule has 0 saturated carbocycles. The Hall–Kier alpha value is -1.88. The highest BCUT2D eigenvalue weighted by Gasteiger charge is 2.27. The molecule has 2 heterocycles. The van der Waals surface area contributed by atoms with Gasteiger partial charge in [0.2, 0.25) is 0 Å². The quantitative estimate of drug-likeness (QED) is 0.745. The third-order valence-corrected chi connectivity index (χ3v) is 3.62. The summed E-state index contributed by atoms with van der Waals surface area (Å²) >= 11 is 0. The number of nitrogens with zero attached hydrogens (tertiary/aromatic N) is 1. The van der Waals surface area contributed by atoms with Gasteiger partial charge in [-0.1, -0.05) is 13.0 Å². The van der Waals surface area contributed by atoms with Crippen LogP contribution in [0.25, 0.3) is 11.0 Å². The zero-order chi connectivity index (χ0) is 12.7. The first kappa shape index (κ1) is 11.2. The van der Waals surface area contributed by atoms with Gasteiger partial charge in [0.05, 0.1) is 17.1 Å². The largest absolute Gasteiger partial charge is 0.366 e. The Morgan fingerprint density at radius 2 is 2.33 bits per heavy atom. The molecule has 4 N–H and O–H groups in total. The van der Waals surface area contributed by atoms with Crippen molar-refractivity contribution in [1.29, 1.82) is 0 Å². The van der Waals surface area contributed by atoms with Crippen LogP contribution < -0.4 is 11.1 Å². The van der Waals surface area contributed by atoms with Crippen LogP contribution in [-0.2, 0) is 0 Å². The lowest BCUT2D eigenvalue weighted by molar-refractivity contribution is 0.100. The number of benzene rings is 1. The zero-order valence-corrected chi connectivity index (χ0v) is 10.2. The van der Waals surface area contributed by atoms with Crippen molar-refractivity contribution in [3.8, 4) is 0 Å². The van der Waals surface area contributed by atoms with Crippen LogP contribution in [0.4, 0.5) is 0 Å². The number of amides is 1. The number of nitrogens with one attached hydrogen (secondary N) is 2. The molecule has 1 aromatic carbocycles. The third kappa shape index (κ3) is 1.67. The number of primary amides is 1. The number of fused-ring (bicyclic) bond motifs is 1. The fourth-order valence-electron chi connectivity index (χ4n) is 2.60. The monoisotopic (exact) mass is 244 g/mol. The number of nitrogens with two attached hydrogens (primary N) is 1. The molecule has 5 heteroatoms. The second-order valence-electron chi connectivity index (χ2n) is 4.89. The van der Waals surface area contributed by atoms with Crippen LogP contribution in [0.5, 0.6) is 0 Å². The Kier molecular flexibility index (Phi) is 2.56. The number of para-hydroxylation sites is 1. The van der Waals surface area contributed by atoms with E-state index in [-0.39, 0.29) is 6.04 Å². The normalized spacial score (nSPS) is 23.6. The third-order valence-electron chi connectivity index (χ3n) is 3.62. The van der Waals surface area contributed by atoms with Crippen LogP contribution in [-0.4, -0.2) is 22.4 Å². The molecule has 2 atom stereocenters. The van der Waals surface area contributed by atoms with Crippen molar-refractivity contribution in [2.24, 2.45) is 11.7 Å². The summed E-state index contributed by atoms with van der Waals surface area (Å²) in [4.78, 5) is 19.2. The fraction of sp³-hybridized carbons (Fsp3) is 0.385. The second-order valence-corrected chi connectivity index (χ2v) is 4.89. The predicted molar refractivity (Wildman–Crippen MR) is 69.1 cm³/mol. The van der Waals surface area contributed by atoms with Gasteiger partial charge in [-0.25, -0.2) is 4.98 Å². The van der Waals surface area contributed by atoms with Gasteiger partial charge in [-0.15, -0.1) is 0 Å². The maximum atomic E-state index is 11.4. The van der Waals surface area contributed by atoms with E-state index in [2.05, 4.69) is 22.2 Å². The highest BCUT2D eigenvalue weighted by Crippen LogP contribution is 2.29. The highest BCUT2D eigenvalue weighted by atomic mass is 16.1. The van der Waals surface area contributed by atoms with Crippen molar-refractivity contribution in [1.82, 2.24) is 15.3 Å². The van der Waals surface area contributed by atoms with E-state index in [0.29, 0.717) is 17.0 Å². The van der Waals surface area contributed by atoms with E-state index < -0.39 is 5.91 Å². The first-order valence-corrected chi connectivity index (χ1v) is 6.18. The van der Waals surface area contributed by atoms with E-state index >= 15 is 0 Å². The Morgan fingerprint density at radius 3 is 3.00 bits per heavy atom. The second kappa shape index (κ2) is 4.10. The van der Waals surface area contributed by atoms with Crippen molar-refractivity contribution in [3.05, 3.63) is 29.6 Å². The number of carbonyl (C=O) groups is 1. The molecule has 0 radical (unpaired) electrons. The number of carbonyl (C=O) groups excluding carboxylic acids is 1. The molecule has 1 amide bonds. The number of aromatic amines is 1. The average Bonchev–Trinajstić information content (AvgIpc) is 2.92. The van der Waals surface area contributed by atoms with E-state index in [4.69, 9.17) is 5.73 Å². The van der Waals surface area contributed by atoms with Gasteiger partial charge in [-0.3, -0.25) is 4.79 Å². The summed E-state index contributed by atoms with van der Waals surface area (Å²) in [5.74, 6) is 0.998. The van der Waals surface area contributed by atoms with Crippen LogP contribution >= 0.6 is 0 Å². The molecule has 2 aromatic rings. The number of rotatable bonds is 2. The zero-order valence-electron chi connectivity index (χ0n) is 10.2. The highest BCUT2D eigenvalue weighted by molar-refractivity contribution is 6.04. The standard InChI is InChI=1S/C13H16N4O/c1-7-5-6-15-10(7)13-16-9-4-2-3-8(12(14)18)11(9)17-13/h2-4,7,10,15H,5-6H2,1H3,(H2,14,18)(H,16,17)/t7-,10?/m1/s1. The van der Waals surface area contributed by atoms with Crippen molar-refractivity contribution in [2.45, 2.75) is 19.4 Å². The van der Waals surface area contributed by atoms with Gasteiger partial charge in [0.15, 0.2) is 0 Å². The van der Waals surface area contributed by atoms with Gasteiger partial charge in [-0.05, 0) is 31.0 Å². The van der Waals surface area contributed by atoms with Crippen LogP contribution in [0.3, 0.4) is 0 Å². The number of H-pyrrole nitrogens is 1. The number of hydrogen-bond donors (Lipinski definition) is 3. The molecular weight excluding hydrogens is 228 g/mol. The Bertz CT molecular complexity index is 604. The molecule has 1 aliphatic rings. The Labute approximate surface area is 105 Å². The fourth-order valence-corrected chi connectivity index (χ4v) is 2.60. The average molecular weight is 244 g/mol. The lowest BCUT2D eigenvalue weighted by Crippen LogP contribution is -2.17. The molecule has 3 rings (SSSR count). The van der Waals surface area contributed by atoms with E-state index in [1.165, 1.54) is 0 Å². The smallest absolute Gasteiger partial charge is 0.250 e. The molecule has 0 spiro atoms. The lowest BCUT2D eigenvalue weighted by atomic mass is 10.0. The molecule has 0 bridgehead atoms. The molecule has 1 fully saturated rings. The summed E-state index contributed by atoms with van der Waals surface area (Å²) in [6.07, 6.45) is 1.14. The van der Waals surface area contributed by atoms with E-state index in [1.54, 1.807) is 6.07 Å². The van der Waals surface area contributed by atoms with Crippen molar-refractivity contribution < 1.29 is 4.79 Å².